The summed E-state index contributed by atoms with van der Waals surface area (Å²) in [6, 6.07) is 2.59. The average Bonchev–Trinajstić information content (AvgIpc) is 2.70. The molecule has 1 aliphatic heterocycles. The van der Waals surface area contributed by atoms with Crippen LogP contribution in [0.1, 0.15) is 70.1 Å². The number of piperidine rings is 1. The fourth-order valence-corrected chi connectivity index (χ4v) is 2.99. The molecule has 0 spiro atoms. The Labute approximate surface area is 122 Å². The lowest BCUT2D eigenvalue weighted by atomic mass is 9.92. The van der Waals surface area contributed by atoms with Crippen LogP contribution >= 0.6 is 0 Å². The van der Waals surface area contributed by atoms with E-state index in [4.69, 9.17) is 0 Å². The van der Waals surface area contributed by atoms with Crippen LogP contribution in [0.25, 0.3) is 0 Å². The number of amides is 1. The molecule has 0 N–H and O–H groups in total. The van der Waals surface area contributed by atoms with E-state index in [1.54, 1.807) is 4.68 Å². The summed E-state index contributed by atoms with van der Waals surface area (Å²) in [6.45, 7) is 10.7. The van der Waals surface area contributed by atoms with Crippen molar-refractivity contribution in [2.24, 2.45) is 7.05 Å². The molecule has 4 heteroatoms. The van der Waals surface area contributed by atoms with E-state index in [1.165, 1.54) is 6.42 Å². The first-order valence-electron chi connectivity index (χ1n) is 7.59. The number of likely N-dealkylation sites (tertiary alicyclic amines) is 1. The van der Waals surface area contributed by atoms with Gasteiger partial charge in [0, 0.05) is 24.5 Å². The first kappa shape index (κ1) is 15.1. The third-order valence-electron chi connectivity index (χ3n) is 4.30. The molecule has 20 heavy (non-hydrogen) atoms. The van der Waals surface area contributed by atoms with Gasteiger partial charge in [-0.2, -0.15) is 5.10 Å². The smallest absolute Gasteiger partial charge is 0.272 e. The van der Waals surface area contributed by atoms with Gasteiger partial charge in [0.15, 0.2) is 0 Å². The van der Waals surface area contributed by atoms with E-state index in [0.717, 1.165) is 18.5 Å². The van der Waals surface area contributed by atoms with E-state index in [-0.39, 0.29) is 11.3 Å². The van der Waals surface area contributed by atoms with Gasteiger partial charge in [-0.1, -0.05) is 20.8 Å². The number of hydrogen-bond acceptors (Lipinski definition) is 2. The molecule has 1 fully saturated rings. The maximum atomic E-state index is 12.8. The van der Waals surface area contributed by atoms with Crippen LogP contribution < -0.4 is 0 Å². The Balaban J connectivity index is 2.31. The Kier molecular flexibility index (Phi) is 3.94. The van der Waals surface area contributed by atoms with Crippen molar-refractivity contribution in [3.05, 3.63) is 17.5 Å². The lowest BCUT2D eigenvalue weighted by molar-refractivity contribution is 0.0499. The van der Waals surface area contributed by atoms with Crippen molar-refractivity contribution in [3.63, 3.8) is 0 Å². The molecule has 0 aliphatic carbocycles. The van der Waals surface area contributed by atoms with Crippen LogP contribution in [0.15, 0.2) is 6.07 Å². The molecule has 0 saturated carbocycles. The lowest BCUT2D eigenvalue weighted by Gasteiger charge is -2.38. The zero-order valence-electron chi connectivity index (χ0n) is 13.6. The second kappa shape index (κ2) is 5.23. The highest BCUT2D eigenvalue weighted by Gasteiger charge is 2.32. The molecule has 2 atom stereocenters. The quantitative estimate of drug-likeness (QED) is 0.791. The summed E-state index contributed by atoms with van der Waals surface area (Å²) in [4.78, 5) is 14.9. The van der Waals surface area contributed by atoms with Gasteiger partial charge in [-0.15, -0.1) is 0 Å². The van der Waals surface area contributed by atoms with Crippen LogP contribution in [0, 0.1) is 0 Å². The van der Waals surface area contributed by atoms with Gasteiger partial charge in [-0.05, 0) is 39.2 Å². The number of nitrogens with zero attached hydrogens (tertiary/aromatic N) is 3. The Bertz CT molecular complexity index is 488. The summed E-state index contributed by atoms with van der Waals surface area (Å²) in [5, 5.41) is 4.52. The molecule has 1 aromatic heterocycles. The van der Waals surface area contributed by atoms with Gasteiger partial charge in [0.2, 0.25) is 0 Å². The molecule has 112 valence electrons. The summed E-state index contributed by atoms with van der Waals surface area (Å²) < 4.78 is 1.73. The van der Waals surface area contributed by atoms with Gasteiger partial charge < -0.3 is 4.90 Å². The molecule has 1 amide bonds. The molecule has 0 bridgehead atoms. The van der Waals surface area contributed by atoms with E-state index in [2.05, 4.69) is 39.7 Å². The number of rotatable bonds is 1. The average molecular weight is 277 g/mol. The molecule has 1 aliphatic rings. The fraction of sp³-hybridized carbons (Fsp3) is 0.750. The zero-order valence-corrected chi connectivity index (χ0v) is 13.6. The highest BCUT2D eigenvalue weighted by molar-refractivity contribution is 5.93. The van der Waals surface area contributed by atoms with Gasteiger partial charge in [-0.3, -0.25) is 9.48 Å². The molecule has 2 heterocycles. The number of hydrogen-bond donors (Lipinski definition) is 0. The summed E-state index contributed by atoms with van der Waals surface area (Å²) in [6.07, 6.45) is 3.41. The van der Waals surface area contributed by atoms with Crippen LogP contribution in [0.5, 0.6) is 0 Å². The first-order valence-corrected chi connectivity index (χ1v) is 7.59. The third-order valence-corrected chi connectivity index (χ3v) is 4.30. The Hall–Kier alpha value is -1.32. The first-order chi connectivity index (χ1) is 9.21. The number of aryl methyl sites for hydroxylation is 1. The van der Waals surface area contributed by atoms with Crippen molar-refractivity contribution in [2.75, 3.05) is 0 Å². The van der Waals surface area contributed by atoms with E-state index in [0.29, 0.717) is 17.8 Å². The van der Waals surface area contributed by atoms with Crippen molar-refractivity contribution in [1.82, 2.24) is 14.7 Å². The molecular formula is C16H27N3O. The molecule has 2 rings (SSSR count). The predicted octanol–water partition coefficient (Wildman–Crippen LogP) is 3.12. The standard InChI is InChI=1S/C16H27N3O/c1-11-8-7-9-12(2)19(11)15(20)13-10-14(16(3,4)5)17-18(13)6/h10-12H,7-9H2,1-6H3/t11-,12-/m1/s1. The summed E-state index contributed by atoms with van der Waals surface area (Å²) in [5.41, 5.74) is 1.64. The zero-order chi connectivity index (χ0) is 15.1. The fourth-order valence-electron chi connectivity index (χ4n) is 2.99. The molecule has 1 saturated heterocycles. The van der Waals surface area contributed by atoms with Crippen molar-refractivity contribution in [2.45, 2.75) is 71.4 Å². The molecule has 1 aromatic rings. The SMILES string of the molecule is C[C@@H]1CCC[C@@H](C)N1C(=O)c1cc(C(C)(C)C)nn1C. The highest BCUT2D eigenvalue weighted by atomic mass is 16.2. The van der Waals surface area contributed by atoms with Crippen LogP contribution in [0.3, 0.4) is 0 Å². The van der Waals surface area contributed by atoms with Gasteiger partial charge in [-0.25, -0.2) is 0 Å². The number of aromatic nitrogens is 2. The predicted molar refractivity (Wildman–Crippen MR) is 80.9 cm³/mol. The molecule has 4 nitrogen and oxygen atoms in total. The van der Waals surface area contributed by atoms with Gasteiger partial charge in [0.25, 0.3) is 5.91 Å². The topological polar surface area (TPSA) is 38.1 Å². The Morgan fingerprint density at radius 1 is 1.25 bits per heavy atom. The van der Waals surface area contributed by atoms with Gasteiger partial charge >= 0.3 is 0 Å². The largest absolute Gasteiger partial charge is 0.332 e. The minimum absolute atomic E-state index is 0.0323. The monoisotopic (exact) mass is 277 g/mol. The van der Waals surface area contributed by atoms with E-state index >= 15 is 0 Å². The molecule has 0 unspecified atom stereocenters. The van der Waals surface area contributed by atoms with Crippen molar-refractivity contribution in [3.8, 4) is 0 Å². The number of carbonyl (C=O) groups is 1. The van der Waals surface area contributed by atoms with Crippen molar-refractivity contribution < 1.29 is 4.79 Å². The van der Waals surface area contributed by atoms with E-state index < -0.39 is 0 Å². The minimum atomic E-state index is -0.0323. The second-order valence-corrected chi connectivity index (χ2v) is 7.13. The normalized spacial score (nSPS) is 24.0. The summed E-state index contributed by atoms with van der Waals surface area (Å²) in [5.74, 6) is 0.121. The van der Waals surface area contributed by atoms with E-state index in [1.807, 2.05) is 18.0 Å². The minimum Gasteiger partial charge on any atom is -0.332 e. The van der Waals surface area contributed by atoms with Crippen LogP contribution in [-0.2, 0) is 12.5 Å². The van der Waals surface area contributed by atoms with Crippen LogP contribution in [0.4, 0.5) is 0 Å². The molecular weight excluding hydrogens is 250 g/mol. The maximum Gasteiger partial charge on any atom is 0.272 e. The highest BCUT2D eigenvalue weighted by Crippen LogP contribution is 2.26. The third kappa shape index (κ3) is 2.74. The van der Waals surface area contributed by atoms with E-state index in [9.17, 15) is 4.79 Å². The number of carbonyl (C=O) groups excluding carboxylic acids is 1. The van der Waals surface area contributed by atoms with Crippen LogP contribution in [0.2, 0.25) is 0 Å². The Morgan fingerprint density at radius 3 is 2.25 bits per heavy atom. The second-order valence-electron chi connectivity index (χ2n) is 7.13. The van der Waals surface area contributed by atoms with Crippen LogP contribution in [-0.4, -0.2) is 32.7 Å². The van der Waals surface area contributed by atoms with Gasteiger partial charge in [0.1, 0.15) is 5.69 Å². The Morgan fingerprint density at radius 2 is 1.80 bits per heavy atom. The summed E-state index contributed by atoms with van der Waals surface area (Å²) in [7, 11) is 1.86. The maximum absolute atomic E-state index is 12.8. The van der Waals surface area contributed by atoms with Gasteiger partial charge in [0.05, 0.1) is 5.69 Å². The lowest BCUT2D eigenvalue weighted by Crippen LogP contribution is -2.48. The van der Waals surface area contributed by atoms with Crippen molar-refractivity contribution >= 4 is 5.91 Å². The molecule has 0 aromatic carbocycles. The summed E-state index contributed by atoms with van der Waals surface area (Å²) >= 11 is 0. The molecule has 0 radical (unpaired) electrons. The van der Waals surface area contributed by atoms with Crippen molar-refractivity contribution in [1.29, 1.82) is 0 Å².